The van der Waals surface area contributed by atoms with Crippen LogP contribution in [0.25, 0.3) is 0 Å². The first-order valence-corrected chi connectivity index (χ1v) is 5.53. The molecule has 3 N–H and O–H groups in total. The lowest BCUT2D eigenvalue weighted by molar-refractivity contribution is 0.854. The van der Waals surface area contributed by atoms with Gasteiger partial charge in [-0.3, -0.25) is 0 Å². The van der Waals surface area contributed by atoms with Gasteiger partial charge in [-0.15, -0.1) is 23.6 Å². The summed E-state index contributed by atoms with van der Waals surface area (Å²) in [4.78, 5) is 4.12. The lowest BCUT2D eigenvalue weighted by Gasteiger charge is -2.04. The SMILES string of the molecule is Br.C=CCN=C(N)NC1CC1c1ccccc1. The average Bonchev–Trinajstić information content (AvgIpc) is 3.07. The molecular weight excluding hydrogens is 278 g/mol. The number of nitrogens with zero attached hydrogens (tertiary/aromatic N) is 1. The minimum absolute atomic E-state index is 0. The van der Waals surface area contributed by atoms with Gasteiger partial charge in [0.05, 0.1) is 6.54 Å². The fourth-order valence-corrected chi connectivity index (χ4v) is 1.82. The molecule has 1 saturated carbocycles. The van der Waals surface area contributed by atoms with Crippen molar-refractivity contribution in [3.8, 4) is 0 Å². The van der Waals surface area contributed by atoms with Crippen LogP contribution in [0.1, 0.15) is 17.9 Å². The normalized spacial score (nSPS) is 22.5. The van der Waals surface area contributed by atoms with Crippen molar-refractivity contribution in [3.63, 3.8) is 0 Å². The number of hydrogen-bond donors (Lipinski definition) is 2. The Bertz CT molecular complexity index is 389. The summed E-state index contributed by atoms with van der Waals surface area (Å²) in [5.41, 5.74) is 7.10. The first-order chi connectivity index (χ1) is 7.81. The first kappa shape index (κ1) is 13.8. The molecule has 3 nitrogen and oxygen atoms in total. The van der Waals surface area contributed by atoms with Crippen LogP contribution in [-0.2, 0) is 0 Å². The Balaban J connectivity index is 0.00000144. The lowest BCUT2D eigenvalue weighted by atomic mass is 10.1. The molecule has 0 aromatic heterocycles. The average molecular weight is 296 g/mol. The standard InChI is InChI=1S/C13H17N3.BrH/c1-2-8-15-13(14)16-12-9-11(12)10-6-4-3-5-7-10;/h2-7,11-12H,1,8-9H2,(H3,14,15,16);1H. The van der Waals surface area contributed by atoms with Crippen molar-refractivity contribution in [1.82, 2.24) is 5.32 Å². The fourth-order valence-electron chi connectivity index (χ4n) is 1.82. The van der Waals surface area contributed by atoms with Gasteiger partial charge < -0.3 is 11.1 Å². The maximum absolute atomic E-state index is 5.73. The van der Waals surface area contributed by atoms with Gasteiger partial charge in [0.2, 0.25) is 0 Å². The van der Waals surface area contributed by atoms with Crippen molar-refractivity contribution >= 4 is 22.9 Å². The third-order valence-corrected chi connectivity index (χ3v) is 2.74. The number of rotatable bonds is 4. The molecule has 1 aliphatic carbocycles. The zero-order valence-corrected chi connectivity index (χ0v) is 11.4. The molecule has 17 heavy (non-hydrogen) atoms. The number of hydrogen-bond acceptors (Lipinski definition) is 1. The molecule has 0 saturated heterocycles. The molecule has 92 valence electrons. The third-order valence-electron chi connectivity index (χ3n) is 2.74. The number of benzene rings is 1. The van der Waals surface area contributed by atoms with E-state index in [0.29, 0.717) is 24.5 Å². The van der Waals surface area contributed by atoms with Crippen molar-refractivity contribution in [1.29, 1.82) is 0 Å². The maximum Gasteiger partial charge on any atom is 0.189 e. The maximum atomic E-state index is 5.73. The zero-order valence-electron chi connectivity index (χ0n) is 9.67. The number of nitrogens with two attached hydrogens (primary N) is 1. The van der Waals surface area contributed by atoms with E-state index < -0.39 is 0 Å². The second-order valence-electron chi connectivity index (χ2n) is 4.02. The summed E-state index contributed by atoms with van der Waals surface area (Å²) in [6, 6.07) is 10.9. The molecule has 0 aliphatic heterocycles. The highest BCUT2D eigenvalue weighted by atomic mass is 79.9. The van der Waals surface area contributed by atoms with Gasteiger partial charge in [-0.1, -0.05) is 36.4 Å². The second-order valence-corrected chi connectivity index (χ2v) is 4.02. The summed E-state index contributed by atoms with van der Waals surface area (Å²) >= 11 is 0. The van der Waals surface area contributed by atoms with E-state index in [1.165, 1.54) is 5.56 Å². The Morgan fingerprint density at radius 2 is 2.18 bits per heavy atom. The highest BCUT2D eigenvalue weighted by Crippen LogP contribution is 2.40. The molecule has 0 radical (unpaired) electrons. The molecule has 2 atom stereocenters. The predicted molar refractivity (Wildman–Crippen MR) is 77.7 cm³/mol. The van der Waals surface area contributed by atoms with Gasteiger partial charge in [-0.2, -0.15) is 0 Å². The number of aliphatic imine (C=N–C) groups is 1. The Kier molecular flexibility index (Phi) is 5.22. The van der Waals surface area contributed by atoms with Crippen LogP contribution in [0, 0.1) is 0 Å². The second kappa shape index (κ2) is 6.45. The molecule has 2 unspecified atom stereocenters. The van der Waals surface area contributed by atoms with E-state index in [9.17, 15) is 0 Å². The summed E-state index contributed by atoms with van der Waals surface area (Å²) in [7, 11) is 0. The molecule has 0 bridgehead atoms. The van der Waals surface area contributed by atoms with Crippen LogP contribution in [0.5, 0.6) is 0 Å². The predicted octanol–water partition coefficient (Wildman–Crippen LogP) is 2.21. The van der Waals surface area contributed by atoms with E-state index in [1.54, 1.807) is 6.08 Å². The number of guanidine groups is 1. The van der Waals surface area contributed by atoms with Crippen LogP contribution in [0.3, 0.4) is 0 Å². The highest BCUT2D eigenvalue weighted by molar-refractivity contribution is 8.93. The van der Waals surface area contributed by atoms with Crippen molar-refractivity contribution in [2.45, 2.75) is 18.4 Å². The zero-order chi connectivity index (χ0) is 11.4. The highest BCUT2D eigenvalue weighted by Gasteiger charge is 2.38. The van der Waals surface area contributed by atoms with Crippen molar-refractivity contribution in [2.24, 2.45) is 10.7 Å². The smallest absolute Gasteiger partial charge is 0.189 e. The Morgan fingerprint density at radius 3 is 2.82 bits per heavy atom. The van der Waals surface area contributed by atoms with Gasteiger partial charge in [-0.05, 0) is 12.0 Å². The van der Waals surface area contributed by atoms with Crippen LogP contribution in [-0.4, -0.2) is 18.5 Å². The van der Waals surface area contributed by atoms with Crippen molar-refractivity contribution < 1.29 is 0 Å². The van der Waals surface area contributed by atoms with Crippen LogP contribution in [0.2, 0.25) is 0 Å². The monoisotopic (exact) mass is 295 g/mol. The summed E-state index contributed by atoms with van der Waals surface area (Å²) < 4.78 is 0. The van der Waals surface area contributed by atoms with E-state index in [4.69, 9.17) is 5.73 Å². The molecule has 1 aromatic rings. The van der Waals surface area contributed by atoms with Crippen molar-refractivity contribution in [3.05, 3.63) is 48.6 Å². The summed E-state index contributed by atoms with van der Waals surface area (Å²) in [5, 5.41) is 3.22. The molecule has 4 heteroatoms. The van der Waals surface area contributed by atoms with E-state index >= 15 is 0 Å². The minimum Gasteiger partial charge on any atom is -0.370 e. The Hall–Kier alpha value is -1.29. The van der Waals surface area contributed by atoms with E-state index in [0.717, 1.165) is 6.42 Å². The van der Waals surface area contributed by atoms with E-state index in [2.05, 4.69) is 41.2 Å². The summed E-state index contributed by atoms with van der Waals surface area (Å²) in [6.07, 6.45) is 2.87. The molecular formula is C13H18BrN3. The van der Waals surface area contributed by atoms with Gasteiger partial charge in [0.25, 0.3) is 0 Å². The molecule has 0 heterocycles. The molecule has 2 rings (SSSR count). The number of halogens is 1. The quantitative estimate of drug-likeness (QED) is 0.508. The molecule has 1 fully saturated rings. The topological polar surface area (TPSA) is 50.4 Å². The minimum atomic E-state index is 0. The van der Waals surface area contributed by atoms with Crippen LogP contribution in [0.4, 0.5) is 0 Å². The van der Waals surface area contributed by atoms with E-state index in [1.807, 2.05) is 6.07 Å². The van der Waals surface area contributed by atoms with Gasteiger partial charge in [0, 0.05) is 12.0 Å². The lowest BCUT2D eigenvalue weighted by Crippen LogP contribution is -2.34. The number of nitrogens with one attached hydrogen (secondary N) is 1. The van der Waals surface area contributed by atoms with Gasteiger partial charge >= 0.3 is 0 Å². The van der Waals surface area contributed by atoms with Gasteiger partial charge in [0.15, 0.2) is 5.96 Å². The fraction of sp³-hybridized carbons (Fsp3) is 0.308. The molecule has 1 aliphatic rings. The van der Waals surface area contributed by atoms with Gasteiger partial charge in [-0.25, -0.2) is 4.99 Å². The molecule has 1 aromatic carbocycles. The van der Waals surface area contributed by atoms with E-state index in [-0.39, 0.29) is 17.0 Å². The van der Waals surface area contributed by atoms with Crippen LogP contribution in [0.15, 0.2) is 48.0 Å². The Morgan fingerprint density at radius 1 is 1.47 bits per heavy atom. The molecule has 0 amide bonds. The van der Waals surface area contributed by atoms with Crippen LogP contribution >= 0.6 is 17.0 Å². The summed E-state index contributed by atoms with van der Waals surface area (Å²) in [6.45, 7) is 4.17. The first-order valence-electron chi connectivity index (χ1n) is 5.53. The van der Waals surface area contributed by atoms with Crippen LogP contribution < -0.4 is 11.1 Å². The third kappa shape index (κ3) is 3.89. The largest absolute Gasteiger partial charge is 0.370 e. The van der Waals surface area contributed by atoms with Gasteiger partial charge in [0.1, 0.15) is 0 Å². The summed E-state index contributed by atoms with van der Waals surface area (Å²) in [5.74, 6) is 1.10. The Labute approximate surface area is 113 Å². The van der Waals surface area contributed by atoms with Crippen molar-refractivity contribution in [2.75, 3.05) is 6.54 Å². The molecule has 0 spiro atoms.